The molecule has 2 aliphatic heterocycles. The van der Waals surface area contributed by atoms with Crippen molar-refractivity contribution >= 4 is 34.0 Å². The molecular formula is C34H45N7O3. The maximum Gasteiger partial charge on any atom is 0.410 e. The van der Waals surface area contributed by atoms with Crippen molar-refractivity contribution < 1.29 is 14.3 Å². The Bertz CT molecular complexity index is 1620. The fraction of sp³-hybridized carbons (Fsp3) is 0.529. The van der Waals surface area contributed by atoms with Crippen LogP contribution in [0.5, 0.6) is 5.88 Å². The van der Waals surface area contributed by atoms with E-state index in [9.17, 15) is 4.79 Å². The molecule has 2 fully saturated rings. The molecule has 2 bridgehead atoms. The number of aromatic nitrogens is 4. The molecule has 2 aromatic carbocycles. The van der Waals surface area contributed by atoms with E-state index in [-0.39, 0.29) is 18.2 Å². The SMILES string of the molecule is CCc1cccc2cccc(Cn3cnc4c(OCCCN(C)C)nc(N5CC6CCC(C5)N6C(=O)OC(C)(C)C)nc43)c12. The first kappa shape index (κ1) is 30.1. The first-order valence-corrected chi connectivity index (χ1v) is 15.9. The number of carbonyl (C=O) groups is 1. The van der Waals surface area contributed by atoms with Crippen LogP contribution in [0.4, 0.5) is 10.7 Å². The molecule has 1 amide bonds. The van der Waals surface area contributed by atoms with Gasteiger partial charge in [-0.05, 0) is 82.4 Å². The van der Waals surface area contributed by atoms with Crippen LogP contribution in [-0.4, -0.2) is 93.4 Å². The number of nitrogens with zero attached hydrogens (tertiary/aromatic N) is 7. The summed E-state index contributed by atoms with van der Waals surface area (Å²) in [5, 5.41) is 2.54. The quantitative estimate of drug-likeness (QED) is 0.233. The van der Waals surface area contributed by atoms with Crippen LogP contribution >= 0.6 is 0 Å². The Morgan fingerprint density at radius 3 is 2.39 bits per heavy atom. The Labute approximate surface area is 260 Å². The Hall–Kier alpha value is -3.92. The number of amides is 1. The minimum absolute atomic E-state index is 0.0559. The number of hydrogen-bond donors (Lipinski definition) is 0. The van der Waals surface area contributed by atoms with Crippen molar-refractivity contribution in [2.24, 2.45) is 0 Å². The molecule has 6 rings (SSSR count). The number of rotatable bonds is 9. The summed E-state index contributed by atoms with van der Waals surface area (Å²) in [5.74, 6) is 1.13. The van der Waals surface area contributed by atoms with Crippen molar-refractivity contribution in [1.29, 1.82) is 0 Å². The molecule has 2 atom stereocenters. The minimum Gasteiger partial charge on any atom is -0.476 e. The van der Waals surface area contributed by atoms with Gasteiger partial charge in [0.15, 0.2) is 11.2 Å². The molecule has 4 heterocycles. The molecule has 10 heteroatoms. The average molecular weight is 600 g/mol. The third kappa shape index (κ3) is 6.18. The summed E-state index contributed by atoms with van der Waals surface area (Å²) in [4.78, 5) is 34.2. The zero-order chi connectivity index (χ0) is 31.0. The van der Waals surface area contributed by atoms with E-state index in [1.807, 2.05) is 32.0 Å². The summed E-state index contributed by atoms with van der Waals surface area (Å²) in [6, 6.07) is 13.1. The molecule has 0 radical (unpaired) electrons. The molecule has 2 aliphatic rings. The van der Waals surface area contributed by atoms with Gasteiger partial charge in [0.25, 0.3) is 0 Å². The molecule has 44 heavy (non-hydrogen) atoms. The highest BCUT2D eigenvalue weighted by Crippen LogP contribution is 2.35. The van der Waals surface area contributed by atoms with Gasteiger partial charge in [0.05, 0.1) is 31.6 Å². The van der Waals surface area contributed by atoms with E-state index in [0.717, 1.165) is 37.9 Å². The number of benzene rings is 2. The van der Waals surface area contributed by atoms with Crippen LogP contribution in [0, 0.1) is 0 Å². The highest BCUT2D eigenvalue weighted by molar-refractivity contribution is 5.89. The van der Waals surface area contributed by atoms with Crippen molar-refractivity contribution in [2.45, 2.75) is 77.6 Å². The second-order valence-corrected chi connectivity index (χ2v) is 13.3. The van der Waals surface area contributed by atoms with Gasteiger partial charge in [0, 0.05) is 19.6 Å². The predicted octanol–water partition coefficient (Wildman–Crippen LogP) is 5.51. The third-order valence-electron chi connectivity index (χ3n) is 8.58. The van der Waals surface area contributed by atoms with Gasteiger partial charge in [-0.2, -0.15) is 9.97 Å². The molecule has 2 aromatic heterocycles. The van der Waals surface area contributed by atoms with E-state index in [0.29, 0.717) is 43.6 Å². The second-order valence-electron chi connectivity index (χ2n) is 13.3. The molecule has 2 saturated heterocycles. The number of ether oxygens (including phenoxy) is 2. The van der Waals surface area contributed by atoms with Gasteiger partial charge in [-0.25, -0.2) is 9.78 Å². The van der Waals surface area contributed by atoms with E-state index < -0.39 is 5.60 Å². The van der Waals surface area contributed by atoms with Crippen LogP contribution < -0.4 is 9.64 Å². The lowest BCUT2D eigenvalue weighted by atomic mass is 9.98. The normalized spacial score (nSPS) is 18.5. The van der Waals surface area contributed by atoms with Gasteiger partial charge in [-0.1, -0.05) is 43.3 Å². The van der Waals surface area contributed by atoms with E-state index in [1.54, 1.807) is 0 Å². The maximum absolute atomic E-state index is 13.1. The molecular weight excluding hydrogens is 554 g/mol. The highest BCUT2D eigenvalue weighted by atomic mass is 16.6. The lowest BCUT2D eigenvalue weighted by Crippen LogP contribution is -2.57. The van der Waals surface area contributed by atoms with Gasteiger partial charge in [0.1, 0.15) is 5.60 Å². The van der Waals surface area contributed by atoms with Crippen LogP contribution in [0.2, 0.25) is 0 Å². The van der Waals surface area contributed by atoms with Crippen LogP contribution in [0.25, 0.3) is 21.9 Å². The fourth-order valence-electron chi connectivity index (χ4n) is 6.61. The number of piperazine rings is 1. The molecule has 234 valence electrons. The molecule has 0 N–H and O–H groups in total. The molecule has 0 spiro atoms. The Balaban J connectivity index is 1.33. The molecule has 10 nitrogen and oxygen atoms in total. The summed E-state index contributed by atoms with van der Waals surface area (Å²) in [6.07, 6.45) is 5.35. The number of aryl methyl sites for hydroxylation is 1. The van der Waals surface area contributed by atoms with E-state index in [4.69, 9.17) is 24.4 Å². The van der Waals surface area contributed by atoms with Crippen LogP contribution in [0.15, 0.2) is 42.7 Å². The van der Waals surface area contributed by atoms with Gasteiger partial charge in [0.2, 0.25) is 11.8 Å². The Kier molecular flexibility index (Phi) is 8.37. The largest absolute Gasteiger partial charge is 0.476 e. The minimum atomic E-state index is -0.527. The third-order valence-corrected chi connectivity index (χ3v) is 8.58. The van der Waals surface area contributed by atoms with E-state index in [2.05, 4.69) is 71.8 Å². The Morgan fingerprint density at radius 1 is 1.02 bits per heavy atom. The van der Waals surface area contributed by atoms with Gasteiger partial charge in [-0.3, -0.25) is 4.90 Å². The zero-order valence-electron chi connectivity index (χ0n) is 26.9. The van der Waals surface area contributed by atoms with Crippen molar-refractivity contribution in [3.63, 3.8) is 0 Å². The average Bonchev–Trinajstić information content (AvgIpc) is 3.51. The number of fused-ring (bicyclic) bond motifs is 4. The Morgan fingerprint density at radius 2 is 1.73 bits per heavy atom. The summed E-state index contributed by atoms with van der Waals surface area (Å²) in [7, 11) is 4.12. The predicted molar refractivity (Wildman–Crippen MR) is 174 cm³/mol. The van der Waals surface area contributed by atoms with Gasteiger partial charge >= 0.3 is 6.09 Å². The van der Waals surface area contributed by atoms with Crippen molar-refractivity contribution in [3.8, 4) is 5.88 Å². The summed E-state index contributed by atoms with van der Waals surface area (Å²) < 4.78 is 14.2. The van der Waals surface area contributed by atoms with Crippen LogP contribution in [-0.2, 0) is 17.7 Å². The number of anilines is 1. The zero-order valence-corrected chi connectivity index (χ0v) is 26.9. The summed E-state index contributed by atoms with van der Waals surface area (Å²) in [6.45, 7) is 11.3. The van der Waals surface area contributed by atoms with Crippen molar-refractivity contribution in [1.82, 2.24) is 29.3 Å². The lowest BCUT2D eigenvalue weighted by Gasteiger charge is -2.41. The topological polar surface area (TPSA) is 88.9 Å². The van der Waals surface area contributed by atoms with E-state index in [1.165, 1.54) is 21.9 Å². The van der Waals surface area contributed by atoms with Crippen molar-refractivity contribution in [2.75, 3.05) is 45.2 Å². The number of hydrogen-bond acceptors (Lipinski definition) is 8. The molecule has 4 aromatic rings. The van der Waals surface area contributed by atoms with Gasteiger partial charge < -0.3 is 23.8 Å². The lowest BCUT2D eigenvalue weighted by molar-refractivity contribution is 0.0122. The van der Waals surface area contributed by atoms with Crippen LogP contribution in [0.1, 0.15) is 58.1 Å². The first-order valence-electron chi connectivity index (χ1n) is 15.9. The maximum atomic E-state index is 13.1. The standard InChI is InChI=1S/C34H45N7O3/c1-7-23-11-8-12-24-13-9-14-25(28(23)24)19-40-22-35-29-30(40)36-32(37-31(29)43-18-10-17-38(5)6)39-20-26-15-16-27(21-39)41(26)33(42)44-34(2,3)4/h8-9,11-14,22,26-27H,7,10,15-21H2,1-6H3. The molecule has 0 aliphatic carbocycles. The summed E-state index contributed by atoms with van der Waals surface area (Å²) >= 11 is 0. The van der Waals surface area contributed by atoms with Crippen molar-refractivity contribution in [3.05, 3.63) is 53.9 Å². The van der Waals surface area contributed by atoms with Crippen LogP contribution in [0.3, 0.4) is 0 Å². The van der Waals surface area contributed by atoms with Gasteiger partial charge in [-0.15, -0.1) is 0 Å². The number of imidazole rings is 1. The monoisotopic (exact) mass is 599 g/mol. The highest BCUT2D eigenvalue weighted by Gasteiger charge is 2.45. The smallest absolute Gasteiger partial charge is 0.410 e. The molecule has 2 unspecified atom stereocenters. The summed E-state index contributed by atoms with van der Waals surface area (Å²) in [5.41, 5.74) is 3.47. The second kappa shape index (κ2) is 12.2. The fourth-order valence-corrected chi connectivity index (χ4v) is 6.61. The first-order chi connectivity index (χ1) is 21.1. The molecule has 0 saturated carbocycles. The number of carbonyl (C=O) groups excluding carboxylic acids is 1. The van der Waals surface area contributed by atoms with E-state index >= 15 is 0 Å².